The van der Waals surface area contributed by atoms with Crippen molar-refractivity contribution in [1.29, 1.82) is 0 Å². The van der Waals surface area contributed by atoms with Crippen LogP contribution in [-0.4, -0.2) is 35.6 Å². The minimum absolute atomic E-state index is 0.0281. The van der Waals surface area contributed by atoms with Crippen LogP contribution in [0.15, 0.2) is 79.1 Å². The van der Waals surface area contributed by atoms with Crippen molar-refractivity contribution in [1.82, 2.24) is 24.8 Å². The zero-order valence-electron chi connectivity index (χ0n) is 17.9. The molecule has 0 saturated heterocycles. The Balaban J connectivity index is 1.43. The summed E-state index contributed by atoms with van der Waals surface area (Å²) in [4.78, 5) is 27.4. The fraction of sp³-hybridized carbons (Fsp3) is 0.0417. The molecule has 10 heteroatoms. The van der Waals surface area contributed by atoms with E-state index in [0.717, 1.165) is 11.1 Å². The second-order valence-corrected chi connectivity index (χ2v) is 7.55. The van der Waals surface area contributed by atoms with E-state index in [0.29, 0.717) is 34.0 Å². The fourth-order valence-electron chi connectivity index (χ4n) is 3.58. The zero-order chi connectivity index (χ0) is 23.7. The number of aromatic nitrogens is 5. The molecule has 5 aromatic rings. The van der Waals surface area contributed by atoms with Gasteiger partial charge in [-0.2, -0.15) is 9.61 Å². The van der Waals surface area contributed by atoms with E-state index in [9.17, 15) is 14.9 Å². The van der Waals surface area contributed by atoms with E-state index in [1.807, 2.05) is 36.4 Å². The molecule has 0 unspecified atom stereocenters. The van der Waals surface area contributed by atoms with Crippen LogP contribution >= 0.6 is 0 Å². The first-order chi connectivity index (χ1) is 16.5. The Labute approximate surface area is 193 Å². The van der Waals surface area contributed by atoms with Gasteiger partial charge in [0.1, 0.15) is 0 Å². The number of carbonyl (C=O) groups excluding carboxylic acids is 1. The topological polar surface area (TPSA) is 128 Å². The minimum atomic E-state index is -0.472. The van der Waals surface area contributed by atoms with Crippen LogP contribution < -0.4 is 5.32 Å². The summed E-state index contributed by atoms with van der Waals surface area (Å²) in [5.41, 5.74) is 4.13. The lowest BCUT2D eigenvalue weighted by atomic mass is 10.1. The molecule has 0 aliphatic heterocycles. The van der Waals surface area contributed by atoms with Gasteiger partial charge in [-0.3, -0.25) is 19.9 Å². The van der Waals surface area contributed by atoms with Crippen LogP contribution in [0.4, 0.5) is 11.4 Å². The van der Waals surface area contributed by atoms with Gasteiger partial charge in [0.25, 0.3) is 11.6 Å². The number of aryl methyl sites for hydroxylation is 1. The number of nitrogens with one attached hydrogen (secondary N) is 1. The molecule has 166 valence electrons. The van der Waals surface area contributed by atoms with Crippen molar-refractivity contribution in [2.45, 2.75) is 6.92 Å². The zero-order valence-corrected chi connectivity index (χ0v) is 17.9. The number of amides is 1. The van der Waals surface area contributed by atoms with E-state index in [1.165, 1.54) is 18.2 Å². The van der Waals surface area contributed by atoms with Crippen molar-refractivity contribution in [3.63, 3.8) is 0 Å². The molecular weight excluding hydrogens is 434 g/mol. The third kappa shape index (κ3) is 3.95. The average molecular weight is 451 g/mol. The van der Waals surface area contributed by atoms with Crippen molar-refractivity contribution in [3.8, 4) is 22.6 Å². The highest BCUT2D eigenvalue weighted by Crippen LogP contribution is 2.24. The SMILES string of the molecule is Cc1cc(C(=O)Nc2cccc(-c3ccc4nnc(-c5cccnc5)n4n3)c2)ccc1[N+](=O)[O-]. The van der Waals surface area contributed by atoms with Gasteiger partial charge in [0, 0.05) is 46.4 Å². The lowest BCUT2D eigenvalue weighted by Crippen LogP contribution is -2.12. The van der Waals surface area contributed by atoms with Crippen molar-refractivity contribution in [2.24, 2.45) is 0 Å². The highest BCUT2D eigenvalue weighted by molar-refractivity contribution is 6.04. The van der Waals surface area contributed by atoms with Gasteiger partial charge in [-0.15, -0.1) is 10.2 Å². The maximum absolute atomic E-state index is 12.7. The molecule has 0 aliphatic carbocycles. The van der Waals surface area contributed by atoms with Gasteiger partial charge in [0.2, 0.25) is 0 Å². The van der Waals surface area contributed by atoms with E-state index in [4.69, 9.17) is 0 Å². The average Bonchev–Trinajstić information content (AvgIpc) is 3.28. The first-order valence-electron chi connectivity index (χ1n) is 10.3. The molecule has 1 amide bonds. The van der Waals surface area contributed by atoms with E-state index in [2.05, 4.69) is 25.6 Å². The number of nitrogens with zero attached hydrogens (tertiary/aromatic N) is 6. The van der Waals surface area contributed by atoms with Crippen LogP contribution in [-0.2, 0) is 0 Å². The summed E-state index contributed by atoms with van der Waals surface area (Å²) in [5.74, 6) is 0.208. The highest BCUT2D eigenvalue weighted by Gasteiger charge is 2.15. The number of hydrogen-bond acceptors (Lipinski definition) is 7. The second kappa shape index (κ2) is 8.51. The molecule has 0 saturated carbocycles. The fourth-order valence-corrected chi connectivity index (χ4v) is 3.58. The third-order valence-electron chi connectivity index (χ3n) is 5.25. The monoisotopic (exact) mass is 451 g/mol. The van der Waals surface area contributed by atoms with Gasteiger partial charge in [-0.1, -0.05) is 12.1 Å². The van der Waals surface area contributed by atoms with Crippen molar-refractivity contribution in [2.75, 3.05) is 5.32 Å². The lowest BCUT2D eigenvalue weighted by molar-refractivity contribution is -0.385. The number of fused-ring (bicyclic) bond motifs is 1. The van der Waals surface area contributed by atoms with Crippen LogP contribution in [0.5, 0.6) is 0 Å². The number of nitro groups is 1. The van der Waals surface area contributed by atoms with Gasteiger partial charge in [-0.25, -0.2) is 0 Å². The summed E-state index contributed by atoms with van der Waals surface area (Å²) in [6.07, 6.45) is 3.38. The molecule has 34 heavy (non-hydrogen) atoms. The smallest absolute Gasteiger partial charge is 0.272 e. The standard InChI is InChI=1S/C24H17N7O3/c1-15-12-17(7-9-21(15)31(33)34)24(32)26-19-6-2-4-16(13-19)20-8-10-22-27-28-23(30(22)29-20)18-5-3-11-25-14-18/h2-14H,1H3,(H,26,32). The third-order valence-corrected chi connectivity index (χ3v) is 5.25. The van der Waals surface area contributed by atoms with E-state index < -0.39 is 4.92 Å². The molecular formula is C24H17N7O3. The van der Waals surface area contributed by atoms with Gasteiger partial charge >= 0.3 is 0 Å². The van der Waals surface area contributed by atoms with E-state index in [-0.39, 0.29) is 11.6 Å². The largest absolute Gasteiger partial charge is 0.322 e. The van der Waals surface area contributed by atoms with Crippen molar-refractivity contribution in [3.05, 3.63) is 100 Å². The Bertz CT molecular complexity index is 1550. The summed E-state index contributed by atoms with van der Waals surface area (Å²) in [6, 6.07) is 18.9. The van der Waals surface area contributed by atoms with E-state index >= 15 is 0 Å². The van der Waals surface area contributed by atoms with E-state index in [1.54, 1.807) is 36.0 Å². The maximum Gasteiger partial charge on any atom is 0.272 e. The van der Waals surface area contributed by atoms with Crippen molar-refractivity contribution >= 4 is 22.9 Å². The van der Waals surface area contributed by atoms with Gasteiger partial charge in [0.05, 0.1) is 10.6 Å². The number of hydrogen-bond donors (Lipinski definition) is 1. The quantitative estimate of drug-likeness (QED) is 0.311. The minimum Gasteiger partial charge on any atom is -0.322 e. The number of rotatable bonds is 5. The number of carbonyl (C=O) groups is 1. The molecule has 3 heterocycles. The first-order valence-corrected chi connectivity index (χ1v) is 10.3. The Morgan fingerprint density at radius 2 is 1.85 bits per heavy atom. The molecule has 2 aromatic carbocycles. The second-order valence-electron chi connectivity index (χ2n) is 7.55. The normalized spacial score (nSPS) is 10.9. The van der Waals surface area contributed by atoms with Crippen LogP contribution in [0.2, 0.25) is 0 Å². The van der Waals surface area contributed by atoms with Crippen LogP contribution in [0.25, 0.3) is 28.3 Å². The number of pyridine rings is 1. The Morgan fingerprint density at radius 3 is 2.62 bits per heavy atom. The summed E-state index contributed by atoms with van der Waals surface area (Å²) >= 11 is 0. The molecule has 0 spiro atoms. The molecule has 0 radical (unpaired) electrons. The summed E-state index contributed by atoms with van der Waals surface area (Å²) in [6.45, 7) is 1.60. The summed E-state index contributed by atoms with van der Waals surface area (Å²) in [5, 5.41) is 26.9. The molecule has 5 rings (SSSR count). The van der Waals surface area contributed by atoms with Crippen LogP contribution in [0.3, 0.4) is 0 Å². The molecule has 0 atom stereocenters. The molecule has 0 aliphatic rings. The van der Waals surface area contributed by atoms with Gasteiger partial charge < -0.3 is 5.32 Å². The Morgan fingerprint density at radius 1 is 1.00 bits per heavy atom. The predicted molar refractivity (Wildman–Crippen MR) is 125 cm³/mol. The molecule has 3 aromatic heterocycles. The Hall–Kier alpha value is -4.99. The summed E-state index contributed by atoms with van der Waals surface area (Å²) < 4.78 is 1.65. The molecule has 1 N–H and O–H groups in total. The molecule has 10 nitrogen and oxygen atoms in total. The predicted octanol–water partition coefficient (Wildman–Crippen LogP) is 4.32. The van der Waals surface area contributed by atoms with Crippen LogP contribution in [0.1, 0.15) is 15.9 Å². The van der Waals surface area contributed by atoms with Gasteiger partial charge in [0.15, 0.2) is 11.5 Å². The number of nitro benzene ring substituents is 1. The summed E-state index contributed by atoms with van der Waals surface area (Å²) in [7, 11) is 0. The lowest BCUT2D eigenvalue weighted by Gasteiger charge is -2.09. The van der Waals surface area contributed by atoms with Crippen LogP contribution in [0, 0.1) is 17.0 Å². The molecule has 0 fully saturated rings. The highest BCUT2D eigenvalue weighted by atomic mass is 16.6. The molecule has 0 bridgehead atoms. The first kappa shape index (κ1) is 20.9. The number of benzene rings is 2. The maximum atomic E-state index is 12.7. The van der Waals surface area contributed by atoms with Crippen molar-refractivity contribution < 1.29 is 9.72 Å². The van der Waals surface area contributed by atoms with Gasteiger partial charge in [-0.05, 0) is 55.5 Å². The Kier molecular flexibility index (Phi) is 5.23. The number of anilines is 1.